The van der Waals surface area contributed by atoms with Crippen molar-refractivity contribution in [1.82, 2.24) is 0 Å². The van der Waals surface area contributed by atoms with Crippen LogP contribution in [-0.2, 0) is 57.1 Å². The van der Waals surface area contributed by atoms with Crippen LogP contribution in [0.3, 0.4) is 0 Å². The molecular weight excluding hydrogens is 1640 g/mol. The first-order chi connectivity index (χ1) is 62.0. The fraction of sp³-hybridized carbons (Fsp3) is 0.233. The third kappa shape index (κ3) is 31.2. The molecule has 26 nitrogen and oxygen atoms in total. The summed E-state index contributed by atoms with van der Waals surface area (Å²) in [7, 11) is 0. The van der Waals surface area contributed by atoms with Crippen LogP contribution in [0.15, 0.2) is 316 Å². The molecule has 0 radical (unpaired) electrons. The lowest BCUT2D eigenvalue weighted by Gasteiger charge is -2.41. The monoisotopic (exact) mass is 1750 g/mol. The van der Waals surface area contributed by atoms with Gasteiger partial charge >= 0.3 is 41.9 Å². The Morgan fingerprint density at radius 1 is 0.419 bits per heavy atom. The molecular formula is C103H105N5O21. The van der Waals surface area contributed by atoms with Crippen molar-refractivity contribution in [2.45, 2.75) is 100 Å². The van der Waals surface area contributed by atoms with Crippen LogP contribution >= 0.6 is 0 Å². The Morgan fingerprint density at radius 2 is 0.752 bits per heavy atom. The number of nitrogens with one attached hydrogen (secondary N) is 1. The van der Waals surface area contributed by atoms with Crippen molar-refractivity contribution < 1.29 is 101 Å². The van der Waals surface area contributed by atoms with E-state index in [-0.39, 0.29) is 78.7 Å². The number of anilines is 1. The molecule has 0 aromatic heterocycles. The van der Waals surface area contributed by atoms with Gasteiger partial charge in [-0.15, -0.1) is 0 Å². The lowest BCUT2D eigenvalue weighted by molar-refractivity contribution is -0.242. The standard InChI is InChI=1S/C27H31NO6.C17H13N3O3.C17H13NO3.C17H14O4.C11H18O5.2C7H8/c1-6-15-32-25(30)22-13-8-7-11-20(22)21-12-9-10-14-23(21)28-27(31)34-26-18(4)16(2)17(3)24(33-26)19(5)29;1-2-11-23-17(22)15-10-6-4-8-13(15)12-7-3-5-9-14(12)16(21)19-20-18;1-2-11-21-17(20)15-9-4-3-7-13(15)14-8-5-6-10-16(14)18-12-19;1-2-11-21-17(20)15-10-6-4-8-13(15)12-7-3-5-9-14(12)16(18)19;1-5-9(15-8(4)13)6(2)11(14)16-10(5)7(3)12;2*1-7-5-3-2-4-6-7/h6-14,16-18,24,26H,1,15H2,2-5H3,(H,28,31);2-10H,1,11H2;2-10H,1,11H2;2-10H,1,11H2,(H,18,19);5-6,9-11,14H,1-4H3;2*2-6H,1H3. The number of aryl methyl sites for hydroxylation is 2. The SMILES string of the molecule is C=CCOC(=O)c1ccccc1-c1ccccc1C(=O)N=[N+]=[N-].C=CCOC(=O)c1ccccc1-c1ccccc1C(=O)O.C=CCOC(=O)c1ccccc1-c1ccccc1N=C=O.C=CCOC(=O)c1ccccc1-c1ccccc1NC(=O)OC1OC(C(C)=O)C(C)C(C)C1C.CC(=O)OC1C(C)C(O)OC(C(C)=O)C1C.Cc1ccccc1.Cc1ccccc1. The Bertz CT molecular complexity index is 5480. The lowest BCUT2D eigenvalue weighted by atomic mass is 9.78. The summed E-state index contributed by atoms with van der Waals surface area (Å²) in [4.78, 5) is 136. The number of nitrogens with zero attached hydrogens (tertiary/aromatic N) is 4. The van der Waals surface area contributed by atoms with Crippen LogP contribution in [0.5, 0.6) is 0 Å². The van der Waals surface area contributed by atoms with Crippen molar-refractivity contribution in [3.63, 3.8) is 0 Å². The highest BCUT2D eigenvalue weighted by molar-refractivity contribution is 6.06. The van der Waals surface area contributed by atoms with Gasteiger partial charge in [0.15, 0.2) is 17.9 Å². The molecule has 10 unspecified atom stereocenters. The van der Waals surface area contributed by atoms with Crippen molar-refractivity contribution in [2.24, 2.45) is 39.7 Å². The maximum absolute atomic E-state index is 12.8. The number of carbonyl (C=O) groups is 10. The maximum atomic E-state index is 12.8. The highest BCUT2D eigenvalue weighted by Gasteiger charge is 2.45. The Labute approximate surface area is 750 Å². The molecule has 10 aromatic carbocycles. The van der Waals surface area contributed by atoms with Crippen LogP contribution < -0.4 is 5.32 Å². The number of para-hydroxylation sites is 2. The van der Waals surface area contributed by atoms with Gasteiger partial charge in [-0.05, 0) is 126 Å². The van der Waals surface area contributed by atoms with E-state index in [4.69, 9.17) is 43.4 Å². The Morgan fingerprint density at radius 3 is 1.12 bits per heavy atom. The molecule has 26 heteroatoms. The number of rotatable bonds is 24. The molecule has 2 saturated heterocycles. The number of hydrogen-bond donors (Lipinski definition) is 3. The fourth-order valence-electron chi connectivity index (χ4n) is 13.4. The first-order valence-corrected chi connectivity index (χ1v) is 40.9. The molecule has 2 heterocycles. The number of hydrogen-bond acceptors (Lipinski definition) is 21. The average Bonchev–Trinajstić information content (AvgIpc) is 0.838. The summed E-state index contributed by atoms with van der Waals surface area (Å²) < 4.78 is 42.2. The number of carboxylic acid groups (broad SMARTS) is 1. The number of amides is 2. The van der Waals surface area contributed by atoms with Gasteiger partial charge < -0.3 is 48.1 Å². The number of aliphatic hydroxyl groups excluding tert-OH is 1. The second kappa shape index (κ2) is 53.9. The first-order valence-electron chi connectivity index (χ1n) is 40.9. The third-order valence-corrected chi connectivity index (χ3v) is 20.1. The van der Waals surface area contributed by atoms with E-state index in [0.717, 1.165) is 0 Å². The number of carbonyl (C=O) groups excluding carboxylic acids is 10. The molecule has 0 saturated carbocycles. The van der Waals surface area contributed by atoms with Crippen molar-refractivity contribution >= 4 is 76.8 Å². The molecule has 0 aliphatic carbocycles. The zero-order valence-corrected chi connectivity index (χ0v) is 73.4. The van der Waals surface area contributed by atoms with E-state index in [1.54, 1.807) is 184 Å². The Kier molecular flexibility index (Phi) is 42.9. The second-order valence-corrected chi connectivity index (χ2v) is 29.2. The average molecular weight is 1750 g/mol. The molecule has 10 atom stereocenters. The van der Waals surface area contributed by atoms with Crippen LogP contribution in [-0.4, -0.2) is 133 Å². The minimum atomic E-state index is -1.07. The molecule has 2 fully saturated rings. The number of aliphatic imine (C=N–C) groups is 1. The normalized spacial score (nSPS) is 17.0. The molecule has 2 aliphatic rings. The topological polar surface area (TPSA) is 375 Å². The first kappa shape index (κ1) is 103. The molecule has 0 spiro atoms. The van der Waals surface area contributed by atoms with E-state index in [2.05, 4.69) is 84.8 Å². The number of ether oxygens (including phenoxy) is 8. The number of carboxylic acids is 1. The van der Waals surface area contributed by atoms with E-state index >= 15 is 0 Å². The minimum Gasteiger partial charge on any atom is -0.478 e. The maximum Gasteiger partial charge on any atom is 0.413 e. The molecule has 12 rings (SSSR count). The summed E-state index contributed by atoms with van der Waals surface area (Å²) in [6.45, 7) is 32.3. The summed E-state index contributed by atoms with van der Waals surface area (Å²) in [5.41, 5.74) is 18.4. The predicted molar refractivity (Wildman–Crippen MR) is 492 cm³/mol. The number of isocyanates is 1. The van der Waals surface area contributed by atoms with E-state index in [9.17, 15) is 63.0 Å². The van der Waals surface area contributed by atoms with E-state index < -0.39 is 78.7 Å². The van der Waals surface area contributed by atoms with Crippen LogP contribution in [0.2, 0.25) is 0 Å². The Hall–Kier alpha value is -15.2. The van der Waals surface area contributed by atoms with Gasteiger partial charge in [0.2, 0.25) is 18.3 Å². The molecule has 2 amide bonds. The smallest absolute Gasteiger partial charge is 0.413 e. The van der Waals surface area contributed by atoms with Crippen LogP contribution in [0.4, 0.5) is 16.2 Å². The molecule has 2 aliphatic heterocycles. The highest BCUT2D eigenvalue weighted by Crippen LogP contribution is 2.39. The lowest BCUT2D eigenvalue weighted by Crippen LogP contribution is -2.52. The number of Topliss-reactive ketones (excluding diaryl/α,β-unsaturated/α-hetero) is 2. The summed E-state index contributed by atoms with van der Waals surface area (Å²) in [6.07, 6.45) is 3.02. The second-order valence-electron chi connectivity index (χ2n) is 29.2. The van der Waals surface area contributed by atoms with E-state index in [1.807, 2.05) is 69.3 Å². The minimum absolute atomic E-state index is 0.0217. The molecule has 10 aromatic rings. The van der Waals surface area contributed by atoms with Gasteiger partial charge in [-0.25, -0.2) is 33.6 Å². The largest absolute Gasteiger partial charge is 0.478 e. The number of azide groups is 1. The van der Waals surface area contributed by atoms with Crippen molar-refractivity contribution in [1.29, 1.82) is 0 Å². The van der Waals surface area contributed by atoms with Crippen molar-refractivity contribution in [2.75, 3.05) is 31.7 Å². The zero-order chi connectivity index (χ0) is 94.5. The van der Waals surface area contributed by atoms with Crippen LogP contribution in [0.1, 0.15) is 129 Å². The summed E-state index contributed by atoms with van der Waals surface area (Å²) in [6, 6.07) is 75.3. The van der Waals surface area contributed by atoms with Crippen molar-refractivity contribution in [3.05, 3.63) is 360 Å². The number of aromatic carboxylic acids is 1. The molecule has 129 heavy (non-hydrogen) atoms. The zero-order valence-electron chi connectivity index (χ0n) is 73.4. The number of benzene rings is 10. The molecule has 0 bridgehead atoms. The van der Waals surface area contributed by atoms with Gasteiger partial charge in [-0.3, -0.25) is 24.5 Å². The molecule has 3 N–H and O–H groups in total. The van der Waals surface area contributed by atoms with Gasteiger partial charge in [0, 0.05) is 46.3 Å². The van der Waals surface area contributed by atoms with E-state index in [0.29, 0.717) is 78.1 Å². The van der Waals surface area contributed by atoms with Crippen LogP contribution in [0, 0.1) is 43.4 Å². The number of aliphatic hydroxyl groups is 1. The Balaban J connectivity index is 0.000000243. The van der Waals surface area contributed by atoms with Crippen LogP contribution in [0.25, 0.3) is 55.0 Å². The summed E-state index contributed by atoms with van der Waals surface area (Å²) in [5.74, 6) is -4.93. The van der Waals surface area contributed by atoms with Gasteiger partial charge in [-0.1, -0.05) is 309 Å². The quantitative estimate of drug-likeness (QED) is 0.00739. The predicted octanol–water partition coefficient (Wildman–Crippen LogP) is 21.2. The number of esters is 5. The van der Waals surface area contributed by atoms with Gasteiger partial charge in [-0.2, -0.15) is 4.99 Å². The summed E-state index contributed by atoms with van der Waals surface area (Å²) in [5, 5.41) is 24.8. The van der Waals surface area contributed by atoms with Gasteiger partial charge in [0.05, 0.1) is 39.2 Å². The molecule has 668 valence electrons. The van der Waals surface area contributed by atoms with Gasteiger partial charge in [0.1, 0.15) is 44.7 Å². The van der Waals surface area contributed by atoms with Crippen molar-refractivity contribution in [3.8, 4) is 44.5 Å². The van der Waals surface area contributed by atoms with Gasteiger partial charge in [0.25, 0.3) is 0 Å². The van der Waals surface area contributed by atoms with E-state index in [1.165, 1.54) is 74.4 Å². The highest BCUT2D eigenvalue weighted by atomic mass is 16.7. The third-order valence-electron chi connectivity index (χ3n) is 20.1. The summed E-state index contributed by atoms with van der Waals surface area (Å²) >= 11 is 0. The fourth-order valence-corrected chi connectivity index (χ4v) is 13.4. The number of ketones is 2.